The van der Waals surface area contributed by atoms with Crippen molar-refractivity contribution in [3.05, 3.63) is 65.2 Å². The van der Waals surface area contributed by atoms with Gasteiger partial charge in [0.15, 0.2) is 5.82 Å². The highest BCUT2D eigenvalue weighted by Gasteiger charge is 2.34. The number of imide groups is 1. The third-order valence-corrected chi connectivity index (χ3v) is 6.26. The molecule has 3 amide bonds. The summed E-state index contributed by atoms with van der Waals surface area (Å²) in [6, 6.07) is 11.1. The van der Waals surface area contributed by atoms with Crippen LogP contribution in [0.1, 0.15) is 58.6 Å². The number of anilines is 1. The van der Waals surface area contributed by atoms with Gasteiger partial charge in [-0.1, -0.05) is 18.6 Å². The highest BCUT2D eigenvalue weighted by Crippen LogP contribution is 2.28. The van der Waals surface area contributed by atoms with Gasteiger partial charge >= 0.3 is 0 Å². The van der Waals surface area contributed by atoms with E-state index in [1.807, 2.05) is 4.57 Å². The van der Waals surface area contributed by atoms with E-state index >= 15 is 0 Å². The van der Waals surface area contributed by atoms with Crippen molar-refractivity contribution in [1.82, 2.24) is 19.7 Å². The van der Waals surface area contributed by atoms with Crippen molar-refractivity contribution in [2.75, 3.05) is 11.9 Å². The van der Waals surface area contributed by atoms with Crippen LogP contribution in [0.4, 0.5) is 10.1 Å². The number of benzene rings is 2. The van der Waals surface area contributed by atoms with Gasteiger partial charge in [-0.25, -0.2) is 4.39 Å². The van der Waals surface area contributed by atoms with Crippen LogP contribution in [-0.4, -0.2) is 43.9 Å². The van der Waals surface area contributed by atoms with Crippen molar-refractivity contribution in [3.63, 3.8) is 0 Å². The fourth-order valence-corrected chi connectivity index (χ4v) is 4.52. The van der Waals surface area contributed by atoms with E-state index in [0.717, 1.165) is 38.1 Å². The molecule has 8 nitrogen and oxygen atoms in total. The zero-order valence-corrected chi connectivity index (χ0v) is 18.6. The Balaban J connectivity index is 1.22. The van der Waals surface area contributed by atoms with Gasteiger partial charge in [-0.3, -0.25) is 19.3 Å². The Hall–Kier alpha value is -3.88. The maximum absolute atomic E-state index is 14.6. The molecule has 1 N–H and O–H groups in total. The van der Waals surface area contributed by atoms with Crippen molar-refractivity contribution >= 4 is 23.4 Å². The van der Waals surface area contributed by atoms with Gasteiger partial charge in [0, 0.05) is 31.6 Å². The van der Waals surface area contributed by atoms with E-state index in [4.69, 9.17) is 0 Å². The topological polar surface area (TPSA) is 97.2 Å². The van der Waals surface area contributed by atoms with Crippen molar-refractivity contribution in [3.8, 4) is 11.4 Å². The number of hydrogen-bond donors (Lipinski definition) is 1. The zero-order chi connectivity index (χ0) is 23.7. The van der Waals surface area contributed by atoms with E-state index in [0.29, 0.717) is 34.6 Å². The number of rotatable bonds is 6. The minimum absolute atomic E-state index is 0.112. The highest BCUT2D eigenvalue weighted by molar-refractivity contribution is 6.21. The summed E-state index contributed by atoms with van der Waals surface area (Å²) >= 11 is 0. The molecule has 3 aromatic rings. The minimum atomic E-state index is -0.428. The quantitative estimate of drug-likeness (QED) is 0.563. The van der Waals surface area contributed by atoms with Crippen LogP contribution in [0, 0.1) is 5.82 Å². The fourth-order valence-electron chi connectivity index (χ4n) is 4.52. The predicted octanol–water partition coefficient (Wildman–Crippen LogP) is 3.83. The van der Waals surface area contributed by atoms with Gasteiger partial charge in [0.25, 0.3) is 11.8 Å². The van der Waals surface area contributed by atoms with Gasteiger partial charge in [0.1, 0.15) is 11.6 Å². The number of aromatic nitrogens is 3. The number of aryl methyl sites for hydroxylation is 1. The van der Waals surface area contributed by atoms with Crippen LogP contribution in [0.5, 0.6) is 0 Å². The summed E-state index contributed by atoms with van der Waals surface area (Å²) in [4.78, 5) is 38.5. The van der Waals surface area contributed by atoms with Crippen LogP contribution < -0.4 is 5.32 Å². The number of hydrogen-bond acceptors (Lipinski definition) is 5. The second-order valence-corrected chi connectivity index (χ2v) is 8.56. The van der Waals surface area contributed by atoms with E-state index in [1.54, 1.807) is 30.3 Å². The Morgan fingerprint density at radius 3 is 2.50 bits per heavy atom. The Kier molecular flexibility index (Phi) is 5.91. The van der Waals surface area contributed by atoms with Crippen LogP contribution in [0.3, 0.4) is 0 Å². The first-order chi connectivity index (χ1) is 16.5. The first kappa shape index (κ1) is 21.9. The number of carbonyl (C=O) groups excluding carboxylic acids is 3. The highest BCUT2D eigenvalue weighted by atomic mass is 19.1. The number of carbonyl (C=O) groups is 3. The molecule has 0 saturated carbocycles. The van der Waals surface area contributed by atoms with Gasteiger partial charge in [-0.05, 0) is 49.6 Å². The molecule has 0 aliphatic carbocycles. The van der Waals surface area contributed by atoms with E-state index in [-0.39, 0.29) is 30.7 Å². The van der Waals surface area contributed by atoms with Crippen molar-refractivity contribution in [2.24, 2.45) is 0 Å². The lowest BCUT2D eigenvalue weighted by molar-refractivity contribution is -0.116. The SMILES string of the molecule is O=C(CCCN1C(=O)c2ccccc2C1=O)Nc1ccc(F)c(-c2nnc3n2CCCCC3)c1. The molecule has 1 aromatic heterocycles. The summed E-state index contributed by atoms with van der Waals surface area (Å²) < 4.78 is 16.6. The second-order valence-electron chi connectivity index (χ2n) is 8.56. The average molecular weight is 461 g/mol. The van der Waals surface area contributed by atoms with Crippen molar-refractivity contribution < 1.29 is 18.8 Å². The van der Waals surface area contributed by atoms with Gasteiger partial charge in [-0.2, -0.15) is 0 Å². The molecule has 2 aromatic carbocycles. The molecular formula is C25H24FN5O3. The summed E-state index contributed by atoms with van der Waals surface area (Å²) in [5.41, 5.74) is 1.53. The minimum Gasteiger partial charge on any atom is -0.326 e. The Bertz CT molecular complexity index is 1250. The molecule has 0 spiro atoms. The third kappa shape index (κ3) is 4.09. The molecule has 9 heteroatoms. The maximum Gasteiger partial charge on any atom is 0.261 e. The molecule has 174 valence electrons. The molecular weight excluding hydrogens is 437 g/mol. The largest absolute Gasteiger partial charge is 0.326 e. The van der Waals surface area contributed by atoms with Gasteiger partial charge < -0.3 is 9.88 Å². The van der Waals surface area contributed by atoms with Gasteiger partial charge in [-0.15, -0.1) is 10.2 Å². The molecule has 2 aliphatic rings. The molecule has 0 atom stereocenters. The number of amides is 3. The summed E-state index contributed by atoms with van der Waals surface area (Å²) in [5.74, 6) is -0.0591. The number of halogens is 1. The Morgan fingerprint density at radius 2 is 1.74 bits per heavy atom. The summed E-state index contributed by atoms with van der Waals surface area (Å²) in [5, 5.41) is 11.2. The standard InChI is InChI=1S/C25H24FN5O3/c26-20-12-11-16(15-19(20)23-29-28-21-9-2-1-5-13-30(21)23)27-22(32)10-6-14-31-24(33)17-7-3-4-8-18(17)25(31)34/h3-4,7-8,11-12,15H,1-2,5-6,9-10,13-14H2,(H,27,32). The smallest absolute Gasteiger partial charge is 0.261 e. The molecule has 2 aliphatic heterocycles. The van der Waals surface area contributed by atoms with Gasteiger partial charge in [0.05, 0.1) is 16.7 Å². The van der Waals surface area contributed by atoms with E-state index in [1.165, 1.54) is 17.0 Å². The molecule has 34 heavy (non-hydrogen) atoms. The van der Waals surface area contributed by atoms with E-state index in [9.17, 15) is 18.8 Å². The normalized spacial score (nSPS) is 15.1. The molecule has 0 saturated heterocycles. The first-order valence-electron chi connectivity index (χ1n) is 11.5. The zero-order valence-electron chi connectivity index (χ0n) is 18.6. The first-order valence-corrected chi connectivity index (χ1v) is 11.5. The summed E-state index contributed by atoms with van der Waals surface area (Å²) in [6.45, 7) is 0.895. The number of fused-ring (bicyclic) bond motifs is 2. The lowest BCUT2D eigenvalue weighted by atomic mass is 10.1. The summed E-state index contributed by atoms with van der Waals surface area (Å²) in [6.07, 6.45) is 4.38. The number of nitrogens with zero attached hydrogens (tertiary/aromatic N) is 4. The van der Waals surface area contributed by atoms with Crippen LogP contribution in [0.15, 0.2) is 42.5 Å². The lowest BCUT2D eigenvalue weighted by Gasteiger charge is -2.14. The Labute approximate surface area is 195 Å². The third-order valence-electron chi connectivity index (χ3n) is 6.26. The van der Waals surface area contributed by atoms with Crippen molar-refractivity contribution in [2.45, 2.75) is 45.1 Å². The van der Waals surface area contributed by atoms with Crippen LogP contribution in [0.25, 0.3) is 11.4 Å². The molecule has 0 radical (unpaired) electrons. The Morgan fingerprint density at radius 1 is 0.971 bits per heavy atom. The monoisotopic (exact) mass is 461 g/mol. The average Bonchev–Trinajstić information content (AvgIpc) is 3.23. The molecule has 3 heterocycles. The van der Waals surface area contributed by atoms with E-state index < -0.39 is 5.82 Å². The molecule has 0 fully saturated rings. The lowest BCUT2D eigenvalue weighted by Crippen LogP contribution is -2.31. The van der Waals surface area contributed by atoms with Crippen LogP contribution in [0.2, 0.25) is 0 Å². The number of nitrogens with one attached hydrogen (secondary N) is 1. The molecule has 0 bridgehead atoms. The van der Waals surface area contributed by atoms with Crippen LogP contribution >= 0.6 is 0 Å². The van der Waals surface area contributed by atoms with Gasteiger partial charge in [0.2, 0.25) is 5.91 Å². The fraction of sp³-hybridized carbons (Fsp3) is 0.320. The second kappa shape index (κ2) is 9.17. The molecule has 0 unspecified atom stereocenters. The summed E-state index contributed by atoms with van der Waals surface area (Å²) in [7, 11) is 0. The molecule has 5 rings (SSSR count). The predicted molar refractivity (Wildman–Crippen MR) is 123 cm³/mol. The van der Waals surface area contributed by atoms with Crippen LogP contribution in [-0.2, 0) is 17.8 Å². The maximum atomic E-state index is 14.6. The van der Waals surface area contributed by atoms with E-state index in [2.05, 4.69) is 15.5 Å². The van der Waals surface area contributed by atoms with Crippen molar-refractivity contribution in [1.29, 1.82) is 0 Å².